The van der Waals surface area contributed by atoms with Gasteiger partial charge in [0, 0.05) is 29.9 Å². The fourth-order valence-electron chi connectivity index (χ4n) is 3.78. The van der Waals surface area contributed by atoms with Crippen molar-refractivity contribution in [3.05, 3.63) is 77.1 Å². The highest BCUT2D eigenvalue weighted by Gasteiger charge is 2.25. The van der Waals surface area contributed by atoms with E-state index in [9.17, 15) is 9.18 Å². The Labute approximate surface area is 187 Å². The molecule has 1 aliphatic carbocycles. The molecule has 3 heterocycles. The van der Waals surface area contributed by atoms with E-state index in [4.69, 9.17) is 0 Å². The van der Waals surface area contributed by atoms with Gasteiger partial charge in [0.1, 0.15) is 16.6 Å². The summed E-state index contributed by atoms with van der Waals surface area (Å²) >= 11 is 1.29. The van der Waals surface area contributed by atoms with Crippen molar-refractivity contribution in [2.75, 3.05) is 10.6 Å². The van der Waals surface area contributed by atoms with E-state index in [0.717, 1.165) is 35.7 Å². The Hall–Kier alpha value is -3.66. The van der Waals surface area contributed by atoms with Crippen LogP contribution in [0, 0.1) is 5.82 Å². The predicted molar refractivity (Wildman–Crippen MR) is 122 cm³/mol. The van der Waals surface area contributed by atoms with Crippen molar-refractivity contribution in [2.24, 2.45) is 0 Å². The molecule has 0 saturated heterocycles. The number of nitrogens with one attached hydrogen (secondary N) is 2. The smallest absolute Gasteiger partial charge is 0.271 e. The van der Waals surface area contributed by atoms with Crippen LogP contribution in [0.15, 0.2) is 65.7 Å². The summed E-state index contributed by atoms with van der Waals surface area (Å²) in [5.74, 6) is 1.09. The molecule has 10 heteroatoms. The molecule has 2 atom stereocenters. The molecule has 8 nitrogen and oxygen atoms in total. The summed E-state index contributed by atoms with van der Waals surface area (Å²) in [4.78, 5) is 20.9. The summed E-state index contributed by atoms with van der Waals surface area (Å²) in [6.45, 7) is 0. The fourth-order valence-corrected chi connectivity index (χ4v) is 4.41. The lowest BCUT2D eigenvalue weighted by Crippen LogP contribution is -2.22. The van der Waals surface area contributed by atoms with Crippen molar-refractivity contribution in [3.63, 3.8) is 0 Å². The maximum Gasteiger partial charge on any atom is 0.271 e. The first-order chi connectivity index (χ1) is 15.6. The van der Waals surface area contributed by atoms with E-state index in [0.29, 0.717) is 11.6 Å². The van der Waals surface area contributed by atoms with Crippen LogP contribution in [0.5, 0.6) is 0 Å². The molecule has 1 aliphatic rings. The Bertz CT molecular complexity index is 1260. The van der Waals surface area contributed by atoms with Gasteiger partial charge in [-0.2, -0.15) is 19.1 Å². The molecule has 32 heavy (non-hydrogen) atoms. The lowest BCUT2D eigenvalue weighted by atomic mass is 10.2. The average molecular weight is 450 g/mol. The zero-order chi connectivity index (χ0) is 21.9. The highest BCUT2D eigenvalue weighted by Crippen LogP contribution is 2.27. The van der Waals surface area contributed by atoms with Crippen molar-refractivity contribution >= 4 is 23.3 Å². The molecule has 0 spiro atoms. The topological polar surface area (TPSA) is 97.6 Å². The zero-order valence-corrected chi connectivity index (χ0v) is 17.8. The first-order valence-electron chi connectivity index (χ1n) is 10.3. The SMILES string of the molecule is O=c1cccnn1-c1ccc(N[C@H]2CC[C@H](Nc3nsc(-c4ccc(F)cc4)n3)C2)nc1. The minimum Gasteiger partial charge on any atom is -0.367 e. The third-order valence-electron chi connectivity index (χ3n) is 5.34. The summed E-state index contributed by atoms with van der Waals surface area (Å²) in [7, 11) is 0. The number of pyridine rings is 1. The van der Waals surface area contributed by atoms with E-state index in [2.05, 4.69) is 30.1 Å². The Morgan fingerprint density at radius 1 is 1.03 bits per heavy atom. The molecular formula is C22H20FN7OS. The lowest BCUT2D eigenvalue weighted by molar-refractivity contribution is 0.628. The Morgan fingerprint density at radius 3 is 2.59 bits per heavy atom. The third-order valence-corrected chi connectivity index (χ3v) is 6.11. The number of nitrogens with zero attached hydrogens (tertiary/aromatic N) is 5. The second-order valence-corrected chi connectivity index (χ2v) is 8.35. The average Bonchev–Trinajstić information content (AvgIpc) is 3.45. The van der Waals surface area contributed by atoms with E-state index in [1.165, 1.54) is 34.4 Å². The Morgan fingerprint density at radius 2 is 1.84 bits per heavy atom. The van der Waals surface area contributed by atoms with Crippen molar-refractivity contribution in [3.8, 4) is 16.3 Å². The van der Waals surface area contributed by atoms with Crippen LogP contribution < -0.4 is 16.2 Å². The van der Waals surface area contributed by atoms with E-state index >= 15 is 0 Å². The molecule has 0 radical (unpaired) electrons. The molecule has 1 saturated carbocycles. The van der Waals surface area contributed by atoms with Gasteiger partial charge in [0.15, 0.2) is 0 Å². The molecular weight excluding hydrogens is 429 g/mol. The number of hydrogen-bond acceptors (Lipinski definition) is 8. The van der Waals surface area contributed by atoms with Crippen molar-refractivity contribution in [2.45, 2.75) is 31.3 Å². The Balaban J connectivity index is 1.17. The van der Waals surface area contributed by atoms with Crippen LogP contribution in [0.1, 0.15) is 19.3 Å². The van der Waals surface area contributed by atoms with Gasteiger partial charge in [0.25, 0.3) is 5.56 Å². The van der Waals surface area contributed by atoms with E-state index in [1.54, 1.807) is 30.6 Å². The molecule has 4 aromatic rings. The van der Waals surface area contributed by atoms with E-state index < -0.39 is 0 Å². The fraction of sp³-hybridized carbons (Fsp3) is 0.227. The molecule has 0 bridgehead atoms. The maximum atomic E-state index is 13.1. The molecule has 3 aromatic heterocycles. The first kappa shape index (κ1) is 20.3. The largest absolute Gasteiger partial charge is 0.367 e. The number of aromatic nitrogens is 5. The lowest BCUT2D eigenvalue weighted by Gasteiger charge is -2.14. The van der Waals surface area contributed by atoms with Gasteiger partial charge in [-0.1, -0.05) is 0 Å². The summed E-state index contributed by atoms with van der Waals surface area (Å²) in [6.07, 6.45) is 6.10. The van der Waals surface area contributed by atoms with Crippen molar-refractivity contribution in [1.29, 1.82) is 0 Å². The van der Waals surface area contributed by atoms with Crippen LogP contribution in [0.2, 0.25) is 0 Å². The molecule has 0 unspecified atom stereocenters. The van der Waals surface area contributed by atoms with Crippen molar-refractivity contribution < 1.29 is 4.39 Å². The van der Waals surface area contributed by atoms with Crippen LogP contribution in [0.3, 0.4) is 0 Å². The number of anilines is 2. The van der Waals surface area contributed by atoms with Crippen LogP contribution in [0.4, 0.5) is 16.2 Å². The summed E-state index contributed by atoms with van der Waals surface area (Å²) in [6, 6.07) is 13.5. The minimum absolute atomic E-state index is 0.196. The Kier molecular flexibility index (Phi) is 5.59. The number of benzene rings is 1. The van der Waals surface area contributed by atoms with Gasteiger partial charge in [0.2, 0.25) is 5.95 Å². The van der Waals surface area contributed by atoms with Gasteiger partial charge < -0.3 is 10.6 Å². The third kappa shape index (κ3) is 4.50. The number of halogens is 1. The minimum atomic E-state index is -0.268. The van der Waals surface area contributed by atoms with Gasteiger partial charge in [0.05, 0.1) is 11.9 Å². The maximum absolute atomic E-state index is 13.1. The summed E-state index contributed by atoms with van der Waals surface area (Å²) in [5.41, 5.74) is 1.28. The molecule has 5 rings (SSSR count). The van der Waals surface area contributed by atoms with Gasteiger partial charge in [-0.15, -0.1) is 0 Å². The van der Waals surface area contributed by atoms with E-state index in [-0.39, 0.29) is 23.5 Å². The normalized spacial score (nSPS) is 17.9. The van der Waals surface area contributed by atoms with Gasteiger partial charge >= 0.3 is 0 Å². The molecule has 1 aromatic carbocycles. The number of rotatable bonds is 6. The molecule has 2 N–H and O–H groups in total. The van der Waals surface area contributed by atoms with Gasteiger partial charge in [-0.3, -0.25) is 4.79 Å². The predicted octanol–water partition coefficient (Wildman–Crippen LogP) is 3.73. The quantitative estimate of drug-likeness (QED) is 0.463. The highest BCUT2D eigenvalue weighted by molar-refractivity contribution is 7.09. The summed E-state index contributed by atoms with van der Waals surface area (Å²) < 4.78 is 18.8. The second kappa shape index (κ2) is 8.83. The molecule has 162 valence electrons. The van der Waals surface area contributed by atoms with Gasteiger partial charge in [-0.05, 0) is 73.3 Å². The van der Waals surface area contributed by atoms with Crippen LogP contribution >= 0.6 is 11.5 Å². The monoisotopic (exact) mass is 449 g/mol. The molecule has 1 fully saturated rings. The van der Waals surface area contributed by atoms with Crippen LogP contribution in [-0.4, -0.2) is 36.2 Å². The van der Waals surface area contributed by atoms with Crippen molar-refractivity contribution in [1.82, 2.24) is 24.1 Å². The van der Waals surface area contributed by atoms with Crippen LogP contribution in [-0.2, 0) is 0 Å². The van der Waals surface area contributed by atoms with E-state index in [1.807, 2.05) is 12.1 Å². The molecule has 0 amide bonds. The number of hydrogen-bond donors (Lipinski definition) is 2. The first-order valence-corrected chi connectivity index (χ1v) is 11.0. The molecule has 0 aliphatic heterocycles. The highest BCUT2D eigenvalue weighted by atomic mass is 32.1. The van der Waals surface area contributed by atoms with Crippen LogP contribution in [0.25, 0.3) is 16.3 Å². The zero-order valence-electron chi connectivity index (χ0n) is 17.0. The van der Waals surface area contributed by atoms with Gasteiger partial charge in [-0.25, -0.2) is 9.37 Å². The standard InChI is InChI=1S/C22H20FN7OS/c23-15-5-3-14(4-6-15)21-28-22(29-32-21)27-17-8-7-16(12-17)26-19-10-9-18(13-24-19)30-20(31)2-1-11-25-30/h1-6,9-11,13,16-17H,7-8,12H2,(H,24,26)(H,27,29)/t16-,17-/m0/s1. The summed E-state index contributed by atoms with van der Waals surface area (Å²) in [5, 5.41) is 11.7. The second-order valence-electron chi connectivity index (χ2n) is 7.60.